The zero-order valence-corrected chi connectivity index (χ0v) is 10.8. The van der Waals surface area contributed by atoms with Crippen LogP contribution in [0.15, 0.2) is 0 Å². The van der Waals surface area contributed by atoms with Crippen molar-refractivity contribution in [2.45, 2.75) is 19.8 Å². The molecule has 0 spiro atoms. The second-order valence-corrected chi connectivity index (χ2v) is 5.06. The third-order valence-corrected chi connectivity index (χ3v) is 2.93. The summed E-state index contributed by atoms with van der Waals surface area (Å²) >= 11 is 0. The zero-order valence-electron chi connectivity index (χ0n) is 10.8. The van der Waals surface area contributed by atoms with E-state index in [0.29, 0.717) is 18.2 Å². The first-order chi connectivity index (χ1) is 7.59. The fourth-order valence-electron chi connectivity index (χ4n) is 2.04. The first-order valence-corrected chi connectivity index (χ1v) is 6.23. The summed E-state index contributed by atoms with van der Waals surface area (Å²) in [5, 5.41) is 3.31. The van der Waals surface area contributed by atoms with Crippen LogP contribution in [-0.4, -0.2) is 62.5 Å². The molecule has 1 N–H and O–H groups in total. The van der Waals surface area contributed by atoms with Gasteiger partial charge in [-0.2, -0.15) is 0 Å². The average Bonchev–Trinajstić information content (AvgIpc) is 2.20. The summed E-state index contributed by atoms with van der Waals surface area (Å²) in [5.41, 5.74) is 0. The predicted octanol–water partition coefficient (Wildman–Crippen LogP) is 0.396. The van der Waals surface area contributed by atoms with Crippen molar-refractivity contribution >= 4 is 5.91 Å². The molecular weight excluding hydrogens is 202 g/mol. The third-order valence-electron chi connectivity index (χ3n) is 2.93. The van der Waals surface area contributed by atoms with Gasteiger partial charge in [0.15, 0.2) is 0 Å². The second kappa shape index (κ2) is 6.86. The van der Waals surface area contributed by atoms with E-state index in [9.17, 15) is 4.79 Å². The topological polar surface area (TPSA) is 35.6 Å². The number of nitrogens with zero attached hydrogens (tertiary/aromatic N) is 2. The van der Waals surface area contributed by atoms with Gasteiger partial charge in [-0.3, -0.25) is 4.79 Å². The second-order valence-electron chi connectivity index (χ2n) is 5.06. The zero-order chi connectivity index (χ0) is 12.0. The Hall–Kier alpha value is -0.610. The van der Waals surface area contributed by atoms with Crippen molar-refractivity contribution in [3.05, 3.63) is 0 Å². The molecule has 1 heterocycles. The predicted molar refractivity (Wildman–Crippen MR) is 66.4 cm³/mol. The van der Waals surface area contributed by atoms with Crippen molar-refractivity contribution < 1.29 is 4.79 Å². The van der Waals surface area contributed by atoms with E-state index in [-0.39, 0.29) is 0 Å². The molecule has 0 radical (unpaired) electrons. The Balaban J connectivity index is 2.36. The molecule has 1 fully saturated rings. The number of nitrogens with one attached hydrogen (secondary N) is 1. The van der Waals surface area contributed by atoms with Crippen molar-refractivity contribution in [2.24, 2.45) is 5.92 Å². The molecule has 16 heavy (non-hydrogen) atoms. The van der Waals surface area contributed by atoms with Crippen molar-refractivity contribution in [1.29, 1.82) is 0 Å². The quantitative estimate of drug-likeness (QED) is 0.755. The maximum atomic E-state index is 11.9. The molecule has 0 aromatic heterocycles. The lowest BCUT2D eigenvalue weighted by molar-refractivity contribution is -0.132. The Morgan fingerprint density at radius 3 is 2.94 bits per heavy atom. The molecule has 0 aromatic carbocycles. The summed E-state index contributed by atoms with van der Waals surface area (Å²) < 4.78 is 0. The van der Waals surface area contributed by atoms with Crippen LogP contribution in [0.1, 0.15) is 19.8 Å². The average molecular weight is 227 g/mol. The summed E-state index contributed by atoms with van der Waals surface area (Å²) in [7, 11) is 4.14. The molecule has 1 rings (SSSR count). The Bertz CT molecular complexity index is 218. The minimum atomic E-state index is 0.304. The molecule has 1 aliphatic rings. The van der Waals surface area contributed by atoms with Crippen LogP contribution >= 0.6 is 0 Å². The van der Waals surface area contributed by atoms with Crippen LogP contribution in [0.4, 0.5) is 0 Å². The lowest BCUT2D eigenvalue weighted by Gasteiger charge is -2.29. The summed E-state index contributed by atoms with van der Waals surface area (Å²) in [4.78, 5) is 16.1. The van der Waals surface area contributed by atoms with Crippen LogP contribution in [0.5, 0.6) is 0 Å². The molecular formula is C12H25N3O. The van der Waals surface area contributed by atoms with Crippen LogP contribution < -0.4 is 5.32 Å². The molecule has 0 aliphatic carbocycles. The Morgan fingerprint density at radius 1 is 1.50 bits per heavy atom. The van der Waals surface area contributed by atoms with Crippen LogP contribution in [0.25, 0.3) is 0 Å². The van der Waals surface area contributed by atoms with Gasteiger partial charge in [0.1, 0.15) is 0 Å². The standard InChI is InChI=1S/C12H25N3O/c1-11-9-13-6-5-12(16)15(10-11)8-4-7-14(2)3/h11,13H,4-10H2,1-3H3. The molecule has 4 nitrogen and oxygen atoms in total. The van der Waals surface area contributed by atoms with Crippen molar-refractivity contribution in [3.8, 4) is 0 Å². The van der Waals surface area contributed by atoms with Crippen molar-refractivity contribution in [2.75, 3.05) is 46.8 Å². The van der Waals surface area contributed by atoms with Crippen LogP contribution in [0.3, 0.4) is 0 Å². The SMILES string of the molecule is CC1CNCCC(=O)N(CCCN(C)C)C1. The first kappa shape index (κ1) is 13.5. The number of amides is 1. The number of rotatable bonds is 4. The van der Waals surface area contributed by atoms with Gasteiger partial charge in [0, 0.05) is 26.1 Å². The highest BCUT2D eigenvalue weighted by molar-refractivity contribution is 5.76. The van der Waals surface area contributed by atoms with Crippen LogP contribution in [-0.2, 0) is 4.79 Å². The molecule has 1 aliphatic heterocycles. The Morgan fingerprint density at radius 2 is 2.25 bits per heavy atom. The maximum Gasteiger partial charge on any atom is 0.223 e. The summed E-state index contributed by atoms with van der Waals surface area (Å²) in [5.74, 6) is 0.862. The normalized spacial score (nSPS) is 23.4. The van der Waals surface area contributed by atoms with E-state index in [2.05, 4.69) is 31.2 Å². The highest BCUT2D eigenvalue weighted by Crippen LogP contribution is 2.05. The molecule has 1 amide bonds. The van der Waals surface area contributed by atoms with Gasteiger partial charge >= 0.3 is 0 Å². The summed E-state index contributed by atoms with van der Waals surface area (Å²) in [6, 6.07) is 0. The van der Waals surface area contributed by atoms with Crippen LogP contribution in [0, 0.1) is 5.92 Å². The minimum absolute atomic E-state index is 0.304. The van der Waals surface area contributed by atoms with Crippen molar-refractivity contribution in [3.63, 3.8) is 0 Å². The van der Waals surface area contributed by atoms with E-state index in [1.54, 1.807) is 0 Å². The smallest absolute Gasteiger partial charge is 0.223 e. The molecule has 0 saturated carbocycles. The molecule has 4 heteroatoms. The lowest BCUT2D eigenvalue weighted by atomic mass is 10.1. The highest BCUT2D eigenvalue weighted by atomic mass is 16.2. The van der Waals surface area contributed by atoms with Gasteiger partial charge in [0.25, 0.3) is 0 Å². The monoisotopic (exact) mass is 227 g/mol. The molecule has 94 valence electrons. The van der Waals surface area contributed by atoms with Gasteiger partial charge in [0.2, 0.25) is 5.91 Å². The molecule has 1 atom stereocenters. The lowest BCUT2D eigenvalue weighted by Crippen LogP contribution is -2.43. The van der Waals surface area contributed by atoms with Gasteiger partial charge in [0.05, 0.1) is 0 Å². The van der Waals surface area contributed by atoms with Gasteiger partial charge in [-0.25, -0.2) is 0 Å². The van der Waals surface area contributed by atoms with Gasteiger partial charge in [-0.1, -0.05) is 6.92 Å². The van der Waals surface area contributed by atoms with E-state index < -0.39 is 0 Å². The maximum absolute atomic E-state index is 11.9. The Labute approximate surface area is 99.0 Å². The number of carbonyl (C=O) groups excluding carboxylic acids is 1. The fraction of sp³-hybridized carbons (Fsp3) is 0.917. The van der Waals surface area contributed by atoms with E-state index >= 15 is 0 Å². The molecule has 1 saturated heterocycles. The van der Waals surface area contributed by atoms with E-state index in [0.717, 1.165) is 39.1 Å². The van der Waals surface area contributed by atoms with E-state index in [4.69, 9.17) is 0 Å². The van der Waals surface area contributed by atoms with E-state index in [1.165, 1.54) is 0 Å². The Kier molecular flexibility index (Phi) is 5.77. The van der Waals surface area contributed by atoms with Gasteiger partial charge in [-0.15, -0.1) is 0 Å². The summed E-state index contributed by atoms with van der Waals surface area (Å²) in [6.45, 7) is 6.91. The number of hydrogen-bond donors (Lipinski definition) is 1. The van der Waals surface area contributed by atoms with Gasteiger partial charge < -0.3 is 15.1 Å². The number of carbonyl (C=O) groups is 1. The molecule has 0 aromatic rings. The highest BCUT2D eigenvalue weighted by Gasteiger charge is 2.18. The molecule has 0 bridgehead atoms. The first-order valence-electron chi connectivity index (χ1n) is 6.23. The van der Waals surface area contributed by atoms with E-state index in [1.807, 2.05) is 4.90 Å². The third kappa shape index (κ3) is 4.94. The van der Waals surface area contributed by atoms with Crippen molar-refractivity contribution in [1.82, 2.24) is 15.1 Å². The van der Waals surface area contributed by atoms with Crippen LogP contribution in [0.2, 0.25) is 0 Å². The summed E-state index contributed by atoms with van der Waals surface area (Å²) in [6.07, 6.45) is 1.72. The fourth-order valence-corrected chi connectivity index (χ4v) is 2.04. The van der Waals surface area contributed by atoms with Gasteiger partial charge in [-0.05, 0) is 39.5 Å². The molecule has 1 unspecified atom stereocenters. The minimum Gasteiger partial charge on any atom is -0.342 e. The number of hydrogen-bond acceptors (Lipinski definition) is 3. The largest absolute Gasteiger partial charge is 0.342 e.